The standard InChI is InChI=1S/C6H12N2O.2C2H6.H2/c1-8(2)5-3-4-6(7)9;2*1-2;/h3-4H,5H2,1-2H3,(H2,7,9);2*1-2H3;1H/b4-3+;;;. The van der Waals surface area contributed by atoms with Crippen LogP contribution >= 0.6 is 0 Å². The lowest BCUT2D eigenvalue weighted by Crippen LogP contribution is -2.12. The van der Waals surface area contributed by atoms with Gasteiger partial charge in [0.1, 0.15) is 0 Å². The van der Waals surface area contributed by atoms with Crippen LogP contribution in [0.25, 0.3) is 0 Å². The molecule has 0 aliphatic carbocycles. The molecule has 2 N–H and O–H groups in total. The minimum atomic E-state index is -0.392. The van der Waals surface area contributed by atoms with Crippen molar-refractivity contribution in [2.75, 3.05) is 20.6 Å². The molecular weight excluding hydrogens is 164 g/mol. The fourth-order valence-electron chi connectivity index (χ4n) is 0.380. The molecule has 0 saturated heterocycles. The summed E-state index contributed by atoms with van der Waals surface area (Å²) < 4.78 is 0. The molecule has 0 atom stereocenters. The van der Waals surface area contributed by atoms with Crippen molar-refractivity contribution >= 4 is 5.91 Å². The highest BCUT2D eigenvalue weighted by Crippen LogP contribution is 1.75. The van der Waals surface area contributed by atoms with Gasteiger partial charge in [-0.05, 0) is 20.2 Å². The fourth-order valence-corrected chi connectivity index (χ4v) is 0.380. The molecule has 0 aromatic heterocycles. The third-order valence-electron chi connectivity index (χ3n) is 0.753. The Balaban J connectivity index is -0.0000000883. The van der Waals surface area contributed by atoms with Gasteiger partial charge in [0.05, 0.1) is 0 Å². The van der Waals surface area contributed by atoms with Crippen molar-refractivity contribution in [3.8, 4) is 0 Å². The van der Waals surface area contributed by atoms with Crippen molar-refractivity contribution in [2.45, 2.75) is 27.7 Å². The Hall–Kier alpha value is -0.830. The summed E-state index contributed by atoms with van der Waals surface area (Å²) in [7, 11) is 3.84. The van der Waals surface area contributed by atoms with Crippen molar-refractivity contribution in [2.24, 2.45) is 5.73 Å². The number of hydrogen-bond acceptors (Lipinski definition) is 2. The third-order valence-corrected chi connectivity index (χ3v) is 0.753. The highest BCUT2D eigenvalue weighted by Gasteiger charge is 1.83. The van der Waals surface area contributed by atoms with E-state index < -0.39 is 5.91 Å². The van der Waals surface area contributed by atoms with E-state index in [4.69, 9.17) is 5.73 Å². The molecule has 0 aromatic rings. The summed E-state index contributed by atoms with van der Waals surface area (Å²) in [6.07, 6.45) is 3.09. The maximum Gasteiger partial charge on any atom is 0.241 e. The highest BCUT2D eigenvalue weighted by atomic mass is 16.1. The van der Waals surface area contributed by atoms with Crippen molar-refractivity contribution in [1.29, 1.82) is 0 Å². The number of likely N-dealkylation sites (N-methyl/N-ethyl adjacent to an activating group) is 1. The van der Waals surface area contributed by atoms with E-state index in [-0.39, 0.29) is 1.43 Å². The maximum atomic E-state index is 10.1. The van der Waals surface area contributed by atoms with Crippen LogP contribution in [0.3, 0.4) is 0 Å². The smallest absolute Gasteiger partial charge is 0.241 e. The second-order valence-electron chi connectivity index (χ2n) is 2.07. The zero-order chi connectivity index (χ0) is 11.3. The van der Waals surface area contributed by atoms with Gasteiger partial charge in [-0.25, -0.2) is 0 Å². The van der Waals surface area contributed by atoms with E-state index in [1.54, 1.807) is 6.08 Å². The summed E-state index contributed by atoms with van der Waals surface area (Å²) in [5.74, 6) is -0.392. The number of nitrogens with two attached hydrogens (primary N) is 1. The molecule has 0 aliphatic rings. The first-order valence-corrected chi connectivity index (χ1v) is 4.73. The molecule has 82 valence electrons. The van der Waals surface area contributed by atoms with Crippen LogP contribution in [0.4, 0.5) is 0 Å². The quantitative estimate of drug-likeness (QED) is 0.691. The number of hydrogen-bond donors (Lipinski definition) is 1. The SMILES string of the molecule is CC.CC.CN(C)C/C=C/C(N)=O.[HH]. The second kappa shape index (κ2) is 17.3. The van der Waals surface area contributed by atoms with Crippen LogP contribution in [0, 0.1) is 0 Å². The Labute approximate surface area is 84.1 Å². The predicted octanol–water partition coefficient (Wildman–Crippen LogP) is 1.89. The number of nitrogens with zero attached hydrogens (tertiary/aromatic N) is 1. The molecule has 0 spiro atoms. The molecular formula is C10H26N2O. The van der Waals surface area contributed by atoms with E-state index in [9.17, 15) is 4.79 Å². The minimum Gasteiger partial charge on any atom is -0.366 e. The molecule has 0 rings (SSSR count). The summed E-state index contributed by atoms with van der Waals surface area (Å²) in [6, 6.07) is 0. The van der Waals surface area contributed by atoms with Gasteiger partial charge < -0.3 is 10.6 Å². The van der Waals surface area contributed by atoms with Gasteiger partial charge in [0.2, 0.25) is 5.91 Å². The molecule has 0 radical (unpaired) electrons. The van der Waals surface area contributed by atoms with Crippen molar-refractivity contribution in [3.05, 3.63) is 12.2 Å². The summed E-state index contributed by atoms with van der Waals surface area (Å²) >= 11 is 0. The fraction of sp³-hybridized carbons (Fsp3) is 0.700. The zero-order valence-corrected chi connectivity index (χ0v) is 9.79. The predicted molar refractivity (Wildman–Crippen MR) is 61.7 cm³/mol. The van der Waals surface area contributed by atoms with Gasteiger partial charge in [0.15, 0.2) is 0 Å². The molecule has 0 unspecified atom stereocenters. The number of primary amides is 1. The van der Waals surface area contributed by atoms with Crippen molar-refractivity contribution in [3.63, 3.8) is 0 Å². The lowest BCUT2D eigenvalue weighted by molar-refractivity contribution is -0.113. The molecule has 0 fully saturated rings. The van der Waals surface area contributed by atoms with Gasteiger partial charge in [0.25, 0.3) is 0 Å². The molecule has 13 heavy (non-hydrogen) atoms. The van der Waals surface area contributed by atoms with E-state index >= 15 is 0 Å². The van der Waals surface area contributed by atoms with Crippen LogP contribution < -0.4 is 5.73 Å². The van der Waals surface area contributed by atoms with E-state index in [1.807, 2.05) is 46.7 Å². The Morgan fingerprint density at radius 2 is 1.69 bits per heavy atom. The lowest BCUT2D eigenvalue weighted by Gasteiger charge is -2.02. The summed E-state index contributed by atoms with van der Waals surface area (Å²) in [6.45, 7) is 8.75. The van der Waals surface area contributed by atoms with Crippen LogP contribution in [0.15, 0.2) is 12.2 Å². The first kappa shape index (κ1) is 18.1. The largest absolute Gasteiger partial charge is 0.366 e. The summed E-state index contributed by atoms with van der Waals surface area (Å²) in [5.41, 5.74) is 4.83. The Kier molecular flexibility index (Phi) is 24.0. The van der Waals surface area contributed by atoms with Crippen LogP contribution in [0.1, 0.15) is 29.1 Å². The van der Waals surface area contributed by atoms with Crippen LogP contribution in [-0.2, 0) is 4.79 Å². The number of rotatable bonds is 3. The normalized spacial score (nSPS) is 8.54. The average molecular weight is 190 g/mol. The lowest BCUT2D eigenvalue weighted by atomic mass is 10.4. The Morgan fingerprint density at radius 3 is 1.92 bits per heavy atom. The number of carbonyl (C=O) groups excluding carboxylic acids is 1. The van der Waals surface area contributed by atoms with Gasteiger partial charge >= 0.3 is 0 Å². The van der Waals surface area contributed by atoms with Crippen LogP contribution in [0.2, 0.25) is 0 Å². The van der Waals surface area contributed by atoms with E-state index in [0.717, 1.165) is 6.54 Å². The highest BCUT2D eigenvalue weighted by molar-refractivity contribution is 5.85. The molecule has 0 aromatic carbocycles. The summed E-state index contributed by atoms with van der Waals surface area (Å²) in [5, 5.41) is 0. The van der Waals surface area contributed by atoms with E-state index in [0.29, 0.717) is 0 Å². The average Bonchev–Trinajstić information content (AvgIpc) is 2.10. The topological polar surface area (TPSA) is 46.3 Å². The van der Waals surface area contributed by atoms with Crippen molar-refractivity contribution < 1.29 is 6.22 Å². The van der Waals surface area contributed by atoms with E-state index in [1.165, 1.54) is 6.08 Å². The van der Waals surface area contributed by atoms with Crippen LogP contribution in [0.5, 0.6) is 0 Å². The Morgan fingerprint density at radius 1 is 1.31 bits per heavy atom. The summed E-state index contributed by atoms with van der Waals surface area (Å²) in [4.78, 5) is 12.0. The monoisotopic (exact) mass is 190 g/mol. The Bertz CT molecular complexity index is 125. The molecule has 0 saturated carbocycles. The van der Waals surface area contributed by atoms with Crippen molar-refractivity contribution in [1.82, 2.24) is 4.90 Å². The van der Waals surface area contributed by atoms with Gasteiger partial charge in [-0.1, -0.05) is 33.8 Å². The number of amides is 1. The second-order valence-corrected chi connectivity index (χ2v) is 2.07. The minimum absolute atomic E-state index is 0. The van der Waals surface area contributed by atoms with E-state index in [2.05, 4.69) is 0 Å². The van der Waals surface area contributed by atoms with Gasteiger partial charge in [-0.3, -0.25) is 4.79 Å². The van der Waals surface area contributed by atoms with Crippen LogP contribution in [-0.4, -0.2) is 31.4 Å². The molecule has 3 nitrogen and oxygen atoms in total. The molecule has 1 amide bonds. The third kappa shape index (κ3) is 35.1. The first-order chi connectivity index (χ1) is 6.13. The maximum absolute atomic E-state index is 10.1. The van der Waals surface area contributed by atoms with Gasteiger partial charge in [-0.2, -0.15) is 0 Å². The van der Waals surface area contributed by atoms with Gasteiger partial charge in [-0.15, -0.1) is 0 Å². The zero-order valence-electron chi connectivity index (χ0n) is 9.79. The van der Waals surface area contributed by atoms with Gasteiger partial charge in [0, 0.05) is 7.97 Å². The molecule has 0 heterocycles. The molecule has 0 bridgehead atoms. The molecule has 0 aliphatic heterocycles. The first-order valence-electron chi connectivity index (χ1n) is 4.73. The molecule has 3 heteroatoms. The number of carbonyl (C=O) groups is 1.